The number of methoxy groups -OCH3 is 1. The molecule has 0 fully saturated rings. The molecule has 2 nitrogen and oxygen atoms in total. The van der Waals surface area contributed by atoms with Crippen molar-refractivity contribution in [3.63, 3.8) is 0 Å². The van der Waals surface area contributed by atoms with Crippen molar-refractivity contribution in [1.82, 2.24) is 0 Å². The van der Waals surface area contributed by atoms with Gasteiger partial charge in [0.2, 0.25) is 0 Å². The molecule has 0 saturated heterocycles. The molecule has 0 spiro atoms. The lowest BCUT2D eigenvalue weighted by atomic mass is 9.99. The number of ether oxygens (including phenoxy) is 1. The number of hydrogen-bond acceptors (Lipinski definition) is 2. The Morgan fingerprint density at radius 1 is 1.46 bits per heavy atom. The van der Waals surface area contributed by atoms with Gasteiger partial charge in [-0.1, -0.05) is 26.0 Å². The molecule has 0 amide bonds. The zero-order valence-corrected chi connectivity index (χ0v) is 8.24. The molecule has 71 valence electrons. The molecule has 0 aliphatic rings. The number of aliphatic hydroxyl groups is 1. The fraction of sp³-hybridized carbons (Fsp3) is 0.455. The van der Waals surface area contributed by atoms with Crippen molar-refractivity contribution in [2.45, 2.75) is 20.0 Å². The predicted octanol–water partition coefficient (Wildman–Crippen LogP) is 2.18. The molecule has 0 aliphatic heterocycles. The summed E-state index contributed by atoms with van der Waals surface area (Å²) in [7, 11) is 1.59. The second-order valence-corrected chi connectivity index (χ2v) is 3.38. The van der Waals surface area contributed by atoms with Gasteiger partial charge < -0.3 is 9.84 Å². The van der Waals surface area contributed by atoms with E-state index in [1.54, 1.807) is 13.2 Å². The molecule has 1 radical (unpaired) electrons. The summed E-state index contributed by atoms with van der Waals surface area (Å²) in [5.41, 5.74) is 0.880. The summed E-state index contributed by atoms with van der Waals surface area (Å²) in [6.07, 6.45) is -0.427. The number of aliphatic hydroxyl groups excluding tert-OH is 1. The smallest absolute Gasteiger partial charge is 0.127 e. The van der Waals surface area contributed by atoms with Gasteiger partial charge >= 0.3 is 0 Å². The highest BCUT2D eigenvalue weighted by Crippen LogP contribution is 2.23. The third-order valence-electron chi connectivity index (χ3n) is 1.99. The fourth-order valence-corrected chi connectivity index (χ4v) is 1.15. The molecule has 0 saturated carbocycles. The lowest BCUT2D eigenvalue weighted by Crippen LogP contribution is -2.05. The third-order valence-corrected chi connectivity index (χ3v) is 1.99. The molecule has 1 rings (SSSR count). The molecule has 1 aromatic rings. The van der Waals surface area contributed by atoms with Gasteiger partial charge in [-0.05, 0) is 17.5 Å². The van der Waals surface area contributed by atoms with Gasteiger partial charge in [-0.2, -0.15) is 0 Å². The fourth-order valence-electron chi connectivity index (χ4n) is 1.15. The van der Waals surface area contributed by atoms with Crippen LogP contribution in [0.2, 0.25) is 0 Å². The van der Waals surface area contributed by atoms with E-state index in [0.717, 1.165) is 5.56 Å². The summed E-state index contributed by atoms with van der Waals surface area (Å²) in [6, 6.07) is 8.35. The lowest BCUT2D eigenvalue weighted by Gasteiger charge is -2.15. The second-order valence-electron chi connectivity index (χ2n) is 3.38. The third kappa shape index (κ3) is 2.46. The Morgan fingerprint density at radius 2 is 2.15 bits per heavy atom. The Bertz CT molecular complexity index is 269. The minimum atomic E-state index is -0.427. The standard InChI is InChI=1S/C11H15O2/c1-8(2)11(12)9-5-4-6-10(7-9)13-3/h4-5,7-8,11-12H,1-3H3. The van der Waals surface area contributed by atoms with Crippen LogP contribution in [0.25, 0.3) is 0 Å². The Morgan fingerprint density at radius 3 is 2.69 bits per heavy atom. The molecule has 1 unspecified atom stereocenters. The van der Waals surface area contributed by atoms with E-state index in [1.165, 1.54) is 0 Å². The molecule has 0 aliphatic carbocycles. The molecule has 1 N–H and O–H groups in total. The van der Waals surface area contributed by atoms with Gasteiger partial charge in [-0.15, -0.1) is 0 Å². The van der Waals surface area contributed by atoms with Crippen molar-refractivity contribution in [1.29, 1.82) is 0 Å². The molecule has 0 aromatic heterocycles. The van der Waals surface area contributed by atoms with E-state index in [2.05, 4.69) is 6.07 Å². The Balaban J connectivity index is 2.88. The van der Waals surface area contributed by atoms with Gasteiger partial charge in [0.05, 0.1) is 13.2 Å². The van der Waals surface area contributed by atoms with Crippen LogP contribution >= 0.6 is 0 Å². The summed E-state index contributed by atoms with van der Waals surface area (Å²) in [4.78, 5) is 0. The van der Waals surface area contributed by atoms with E-state index < -0.39 is 6.10 Å². The van der Waals surface area contributed by atoms with Crippen LogP contribution in [0.4, 0.5) is 0 Å². The molecule has 1 atom stereocenters. The lowest BCUT2D eigenvalue weighted by molar-refractivity contribution is 0.126. The second kappa shape index (κ2) is 4.28. The molecular formula is C11H15O2. The van der Waals surface area contributed by atoms with Crippen LogP contribution in [0.5, 0.6) is 5.75 Å². The minimum Gasteiger partial charge on any atom is -0.496 e. The van der Waals surface area contributed by atoms with Crippen molar-refractivity contribution in [2.24, 2.45) is 5.92 Å². The monoisotopic (exact) mass is 179 g/mol. The maximum atomic E-state index is 9.75. The first-order valence-corrected chi connectivity index (χ1v) is 4.39. The van der Waals surface area contributed by atoms with Crippen molar-refractivity contribution in [2.75, 3.05) is 7.11 Å². The van der Waals surface area contributed by atoms with Gasteiger partial charge in [0.15, 0.2) is 0 Å². The van der Waals surface area contributed by atoms with Crippen LogP contribution in [-0.4, -0.2) is 12.2 Å². The highest BCUT2D eigenvalue weighted by molar-refractivity contribution is 5.28. The van der Waals surface area contributed by atoms with Crippen LogP contribution in [0.1, 0.15) is 25.5 Å². The quantitative estimate of drug-likeness (QED) is 0.770. The number of benzene rings is 1. The van der Waals surface area contributed by atoms with E-state index in [-0.39, 0.29) is 5.92 Å². The molecule has 0 heterocycles. The summed E-state index contributed by atoms with van der Waals surface area (Å²) in [5.74, 6) is 0.879. The Kier molecular flexibility index (Phi) is 3.32. The first-order chi connectivity index (χ1) is 6.15. The van der Waals surface area contributed by atoms with E-state index >= 15 is 0 Å². The van der Waals surface area contributed by atoms with E-state index in [4.69, 9.17) is 4.74 Å². The Hall–Kier alpha value is -1.02. The van der Waals surface area contributed by atoms with E-state index in [9.17, 15) is 5.11 Å². The van der Waals surface area contributed by atoms with Crippen LogP contribution < -0.4 is 4.74 Å². The van der Waals surface area contributed by atoms with Crippen LogP contribution in [-0.2, 0) is 0 Å². The number of hydrogen-bond donors (Lipinski definition) is 1. The average Bonchev–Trinajstić information content (AvgIpc) is 2.16. The summed E-state index contributed by atoms with van der Waals surface area (Å²) >= 11 is 0. The number of rotatable bonds is 3. The first-order valence-electron chi connectivity index (χ1n) is 4.39. The average molecular weight is 179 g/mol. The van der Waals surface area contributed by atoms with Crippen LogP contribution in [0.3, 0.4) is 0 Å². The normalized spacial score (nSPS) is 13.0. The van der Waals surface area contributed by atoms with Crippen molar-refractivity contribution in [3.05, 3.63) is 29.8 Å². The van der Waals surface area contributed by atoms with Gasteiger partial charge in [0.25, 0.3) is 0 Å². The first kappa shape index (κ1) is 10.1. The van der Waals surface area contributed by atoms with Crippen molar-refractivity contribution in [3.8, 4) is 5.75 Å². The Labute approximate surface area is 79.2 Å². The molecule has 1 aromatic carbocycles. The summed E-state index contributed by atoms with van der Waals surface area (Å²) in [6.45, 7) is 3.96. The SMILES string of the molecule is COc1[c]ccc(C(O)C(C)C)c1. The zero-order chi connectivity index (χ0) is 9.84. The molecule has 13 heavy (non-hydrogen) atoms. The van der Waals surface area contributed by atoms with Crippen molar-refractivity contribution < 1.29 is 9.84 Å². The van der Waals surface area contributed by atoms with E-state index in [1.807, 2.05) is 26.0 Å². The van der Waals surface area contributed by atoms with E-state index in [0.29, 0.717) is 5.75 Å². The highest BCUT2D eigenvalue weighted by Gasteiger charge is 2.11. The highest BCUT2D eigenvalue weighted by atomic mass is 16.5. The maximum Gasteiger partial charge on any atom is 0.127 e. The summed E-state index contributed by atoms with van der Waals surface area (Å²) < 4.78 is 5.02. The zero-order valence-electron chi connectivity index (χ0n) is 8.24. The van der Waals surface area contributed by atoms with Crippen LogP contribution in [0, 0.1) is 12.0 Å². The predicted molar refractivity (Wildman–Crippen MR) is 51.6 cm³/mol. The van der Waals surface area contributed by atoms with Crippen molar-refractivity contribution >= 4 is 0 Å². The van der Waals surface area contributed by atoms with Gasteiger partial charge in [-0.3, -0.25) is 0 Å². The van der Waals surface area contributed by atoms with Gasteiger partial charge in [0, 0.05) is 6.07 Å². The molecular weight excluding hydrogens is 164 g/mol. The van der Waals surface area contributed by atoms with Gasteiger partial charge in [0.1, 0.15) is 5.75 Å². The largest absolute Gasteiger partial charge is 0.496 e. The van der Waals surface area contributed by atoms with Crippen LogP contribution in [0.15, 0.2) is 18.2 Å². The molecule has 0 bridgehead atoms. The maximum absolute atomic E-state index is 9.75. The van der Waals surface area contributed by atoms with Gasteiger partial charge in [-0.25, -0.2) is 0 Å². The minimum absolute atomic E-state index is 0.215. The molecule has 2 heteroatoms. The topological polar surface area (TPSA) is 29.5 Å². The summed E-state index contributed by atoms with van der Waals surface area (Å²) in [5, 5.41) is 9.75.